The number of nitrogens with one attached hydrogen (secondary N) is 1. The van der Waals surface area contributed by atoms with Gasteiger partial charge in [0.05, 0.1) is 11.8 Å². The molecule has 1 amide bonds. The van der Waals surface area contributed by atoms with Crippen LogP contribution in [0.1, 0.15) is 18.4 Å². The molecule has 5 rings (SSSR count). The monoisotopic (exact) mass is 510 g/mol. The molecule has 0 spiro atoms. The predicted octanol–water partition coefficient (Wildman–Crippen LogP) is 4.76. The molecular formula is C28H28F2N2O5. The molecular weight excluding hydrogens is 482 g/mol. The van der Waals surface area contributed by atoms with Crippen LogP contribution in [0.15, 0.2) is 66.7 Å². The van der Waals surface area contributed by atoms with E-state index in [1.807, 2.05) is 18.2 Å². The van der Waals surface area contributed by atoms with E-state index in [1.165, 1.54) is 30.3 Å². The highest BCUT2D eigenvalue weighted by Crippen LogP contribution is 2.33. The Morgan fingerprint density at radius 2 is 1.92 bits per heavy atom. The average Bonchev–Trinajstić information content (AvgIpc) is 3.57. The number of fused-ring (bicyclic) bond motifs is 1. The van der Waals surface area contributed by atoms with E-state index in [9.17, 15) is 13.6 Å². The third-order valence-corrected chi connectivity index (χ3v) is 6.25. The molecule has 2 aliphatic heterocycles. The van der Waals surface area contributed by atoms with E-state index in [0.29, 0.717) is 31.2 Å². The second kappa shape index (κ2) is 11.6. The summed E-state index contributed by atoms with van der Waals surface area (Å²) in [5.74, 6) is -0.0316. The van der Waals surface area contributed by atoms with Gasteiger partial charge < -0.3 is 24.3 Å². The van der Waals surface area contributed by atoms with Gasteiger partial charge >= 0.3 is 0 Å². The van der Waals surface area contributed by atoms with Crippen LogP contribution in [0, 0.1) is 11.6 Å². The van der Waals surface area contributed by atoms with Crippen LogP contribution in [0.4, 0.5) is 14.5 Å². The molecule has 1 fully saturated rings. The Hall–Kier alpha value is -3.69. The SMILES string of the molecule is O=C(Nc1ccccc1F)[C@H](CN(Cc1ccc2c(c1)OCO2)C[C@@H]1CCCO1)Oc1cccc(F)c1. The molecule has 3 aromatic carbocycles. The highest BCUT2D eigenvalue weighted by atomic mass is 19.1. The molecule has 194 valence electrons. The maximum atomic E-state index is 14.3. The Labute approximate surface area is 213 Å². The van der Waals surface area contributed by atoms with E-state index in [2.05, 4.69) is 10.2 Å². The number of carbonyl (C=O) groups excluding carboxylic acids is 1. The molecule has 3 aromatic rings. The van der Waals surface area contributed by atoms with E-state index >= 15 is 0 Å². The van der Waals surface area contributed by atoms with Crippen molar-refractivity contribution in [1.82, 2.24) is 4.90 Å². The van der Waals surface area contributed by atoms with Crippen LogP contribution in [0.2, 0.25) is 0 Å². The zero-order valence-corrected chi connectivity index (χ0v) is 20.2. The van der Waals surface area contributed by atoms with Gasteiger partial charge in [0.15, 0.2) is 17.6 Å². The van der Waals surface area contributed by atoms with Crippen molar-refractivity contribution in [3.05, 3.63) is 83.9 Å². The first kappa shape index (κ1) is 25.0. The predicted molar refractivity (Wildman–Crippen MR) is 133 cm³/mol. The van der Waals surface area contributed by atoms with E-state index in [-0.39, 0.29) is 30.9 Å². The molecule has 0 radical (unpaired) electrons. The second-order valence-corrected chi connectivity index (χ2v) is 9.05. The summed E-state index contributed by atoms with van der Waals surface area (Å²) in [4.78, 5) is 15.4. The lowest BCUT2D eigenvalue weighted by Crippen LogP contribution is -2.45. The summed E-state index contributed by atoms with van der Waals surface area (Å²) in [6.07, 6.45) is 0.837. The lowest BCUT2D eigenvalue weighted by molar-refractivity contribution is -0.124. The van der Waals surface area contributed by atoms with Gasteiger partial charge in [-0.1, -0.05) is 24.3 Å². The summed E-state index contributed by atoms with van der Waals surface area (Å²) in [7, 11) is 0. The Morgan fingerprint density at radius 1 is 1.05 bits per heavy atom. The number of para-hydroxylation sites is 1. The molecule has 2 aliphatic rings. The average molecular weight is 511 g/mol. The maximum absolute atomic E-state index is 14.3. The third kappa shape index (κ3) is 6.55. The fourth-order valence-electron chi connectivity index (χ4n) is 4.47. The van der Waals surface area contributed by atoms with Crippen molar-refractivity contribution in [3.8, 4) is 17.2 Å². The van der Waals surface area contributed by atoms with Crippen molar-refractivity contribution in [3.63, 3.8) is 0 Å². The lowest BCUT2D eigenvalue weighted by atomic mass is 10.1. The first-order valence-electron chi connectivity index (χ1n) is 12.2. The summed E-state index contributed by atoms with van der Waals surface area (Å²) >= 11 is 0. The lowest BCUT2D eigenvalue weighted by Gasteiger charge is -2.29. The van der Waals surface area contributed by atoms with Crippen LogP contribution in [-0.4, -0.2) is 49.5 Å². The summed E-state index contributed by atoms with van der Waals surface area (Å²) in [6.45, 7) is 2.07. The zero-order chi connectivity index (χ0) is 25.6. The van der Waals surface area contributed by atoms with E-state index in [1.54, 1.807) is 18.2 Å². The van der Waals surface area contributed by atoms with Gasteiger partial charge in [-0.15, -0.1) is 0 Å². The quantitative estimate of drug-likeness (QED) is 0.424. The van der Waals surface area contributed by atoms with Crippen LogP contribution in [0.3, 0.4) is 0 Å². The van der Waals surface area contributed by atoms with E-state index in [0.717, 1.165) is 18.4 Å². The summed E-state index contributed by atoms with van der Waals surface area (Å²) in [5, 5.41) is 2.61. The fraction of sp³-hybridized carbons (Fsp3) is 0.321. The van der Waals surface area contributed by atoms with Crippen LogP contribution >= 0.6 is 0 Å². The Balaban J connectivity index is 1.38. The van der Waals surface area contributed by atoms with Gasteiger partial charge in [-0.2, -0.15) is 0 Å². The largest absolute Gasteiger partial charge is 0.479 e. The normalized spacial score (nSPS) is 17.1. The maximum Gasteiger partial charge on any atom is 0.266 e. The van der Waals surface area contributed by atoms with Crippen molar-refractivity contribution in [2.45, 2.75) is 31.6 Å². The molecule has 0 aromatic heterocycles. The third-order valence-electron chi connectivity index (χ3n) is 6.25. The number of hydrogen-bond donors (Lipinski definition) is 1. The first-order chi connectivity index (χ1) is 18.0. The highest BCUT2D eigenvalue weighted by molar-refractivity contribution is 5.94. The van der Waals surface area contributed by atoms with Crippen molar-refractivity contribution >= 4 is 11.6 Å². The topological polar surface area (TPSA) is 69.3 Å². The molecule has 37 heavy (non-hydrogen) atoms. The Morgan fingerprint density at radius 3 is 2.73 bits per heavy atom. The van der Waals surface area contributed by atoms with Gasteiger partial charge in [-0.05, 0) is 54.8 Å². The van der Waals surface area contributed by atoms with E-state index in [4.69, 9.17) is 18.9 Å². The van der Waals surface area contributed by atoms with E-state index < -0.39 is 23.6 Å². The van der Waals surface area contributed by atoms with Gasteiger partial charge in [-0.3, -0.25) is 9.69 Å². The van der Waals surface area contributed by atoms with Crippen molar-refractivity contribution in [2.24, 2.45) is 0 Å². The zero-order valence-electron chi connectivity index (χ0n) is 20.2. The summed E-state index contributed by atoms with van der Waals surface area (Å²) in [6, 6.07) is 17.2. The molecule has 2 atom stereocenters. The molecule has 1 saturated heterocycles. The standard InChI is InChI=1S/C28H28F2N2O5/c29-20-5-3-6-21(14-20)37-27(28(33)31-24-9-2-1-8-23(24)30)17-32(16-22-7-4-12-34-22)15-19-10-11-25-26(13-19)36-18-35-25/h1-3,5-6,8-11,13-14,22,27H,4,7,12,15-18H2,(H,31,33)/t22-,27-/m0/s1. The molecule has 0 saturated carbocycles. The summed E-state index contributed by atoms with van der Waals surface area (Å²) < 4.78 is 50.9. The Kier molecular flexibility index (Phi) is 7.82. The van der Waals surface area contributed by atoms with Crippen molar-refractivity contribution in [2.75, 3.05) is 31.8 Å². The van der Waals surface area contributed by atoms with Crippen LogP contribution in [-0.2, 0) is 16.1 Å². The number of rotatable bonds is 10. The minimum absolute atomic E-state index is 0.0125. The van der Waals surface area contributed by atoms with Crippen LogP contribution < -0.4 is 19.5 Å². The number of benzene rings is 3. The van der Waals surface area contributed by atoms with Crippen molar-refractivity contribution < 1.29 is 32.5 Å². The van der Waals surface area contributed by atoms with Gasteiger partial charge in [0.1, 0.15) is 17.4 Å². The van der Waals surface area contributed by atoms with Crippen LogP contribution in [0.25, 0.3) is 0 Å². The summed E-state index contributed by atoms with van der Waals surface area (Å²) in [5.41, 5.74) is 1.00. The molecule has 0 unspecified atom stereocenters. The molecule has 2 heterocycles. The molecule has 7 nitrogen and oxygen atoms in total. The molecule has 0 aliphatic carbocycles. The minimum atomic E-state index is -1.06. The number of anilines is 1. The Bertz CT molecular complexity index is 1230. The smallest absolute Gasteiger partial charge is 0.266 e. The highest BCUT2D eigenvalue weighted by Gasteiger charge is 2.28. The van der Waals surface area contributed by atoms with Gasteiger partial charge in [0.2, 0.25) is 6.79 Å². The number of nitrogens with zero attached hydrogens (tertiary/aromatic N) is 1. The second-order valence-electron chi connectivity index (χ2n) is 9.05. The van der Waals surface area contributed by atoms with Gasteiger partial charge in [0, 0.05) is 32.3 Å². The van der Waals surface area contributed by atoms with Gasteiger partial charge in [-0.25, -0.2) is 8.78 Å². The van der Waals surface area contributed by atoms with Crippen LogP contribution in [0.5, 0.6) is 17.2 Å². The number of carbonyl (C=O) groups is 1. The fourth-order valence-corrected chi connectivity index (χ4v) is 4.47. The molecule has 9 heteroatoms. The molecule has 0 bridgehead atoms. The number of halogens is 2. The number of amides is 1. The number of ether oxygens (including phenoxy) is 4. The minimum Gasteiger partial charge on any atom is -0.479 e. The van der Waals surface area contributed by atoms with Crippen molar-refractivity contribution in [1.29, 1.82) is 0 Å². The molecule has 1 N–H and O–H groups in total. The first-order valence-corrected chi connectivity index (χ1v) is 12.2. The van der Waals surface area contributed by atoms with Gasteiger partial charge in [0.25, 0.3) is 5.91 Å². The number of hydrogen-bond acceptors (Lipinski definition) is 6.